The van der Waals surface area contributed by atoms with Gasteiger partial charge in [0.2, 0.25) is 5.43 Å². The van der Waals surface area contributed by atoms with Crippen LogP contribution in [0.3, 0.4) is 0 Å². The van der Waals surface area contributed by atoms with Gasteiger partial charge in [-0.15, -0.1) is 0 Å². The maximum atomic E-state index is 14.2. The monoisotopic (exact) mass is 545 g/mol. The minimum atomic E-state index is -1.18. The lowest BCUT2D eigenvalue weighted by molar-refractivity contribution is -0.123. The van der Waals surface area contributed by atoms with Crippen LogP contribution in [0.2, 0.25) is 0 Å². The molecule has 2 amide bonds. The van der Waals surface area contributed by atoms with Crippen LogP contribution in [0.25, 0.3) is 0 Å². The van der Waals surface area contributed by atoms with Gasteiger partial charge >= 0.3 is 0 Å². The van der Waals surface area contributed by atoms with Crippen LogP contribution < -0.4 is 15.5 Å². The van der Waals surface area contributed by atoms with Crippen LogP contribution in [-0.4, -0.2) is 39.7 Å². The highest BCUT2D eigenvalue weighted by atomic mass is 19.1. The molecule has 0 saturated carbocycles. The van der Waals surface area contributed by atoms with Crippen molar-refractivity contribution in [2.45, 2.75) is 44.5 Å². The number of ether oxygens (including phenoxy) is 1. The van der Waals surface area contributed by atoms with E-state index < -0.39 is 34.4 Å². The second-order valence-corrected chi connectivity index (χ2v) is 10.3. The van der Waals surface area contributed by atoms with Gasteiger partial charge in [0, 0.05) is 29.9 Å². The number of rotatable bonds is 6. The molecule has 1 aromatic heterocycles. The van der Waals surface area contributed by atoms with Gasteiger partial charge in [0.05, 0.1) is 6.54 Å². The third kappa shape index (κ3) is 3.93. The molecule has 1 spiro atoms. The van der Waals surface area contributed by atoms with E-state index in [0.29, 0.717) is 6.07 Å². The number of fused-ring (bicyclic) bond motifs is 1. The fourth-order valence-corrected chi connectivity index (χ4v) is 5.83. The molecule has 3 aliphatic rings. The molecule has 8 nitrogen and oxygen atoms in total. The van der Waals surface area contributed by atoms with Crippen molar-refractivity contribution in [3.8, 4) is 5.75 Å². The molecule has 2 atom stereocenters. The first kappa shape index (κ1) is 25.7. The molecule has 204 valence electrons. The first-order chi connectivity index (χ1) is 19.2. The lowest BCUT2D eigenvalue weighted by atomic mass is 9.88. The molecule has 2 bridgehead atoms. The number of aromatic nitrogens is 1. The lowest BCUT2D eigenvalue weighted by Gasteiger charge is -2.42. The summed E-state index contributed by atoms with van der Waals surface area (Å²) in [5, 5.41) is 2.55. The van der Waals surface area contributed by atoms with Gasteiger partial charge in [-0.05, 0) is 37.5 Å². The average molecular weight is 546 g/mol. The summed E-state index contributed by atoms with van der Waals surface area (Å²) in [6, 6.07) is 11.6. The van der Waals surface area contributed by atoms with Crippen molar-refractivity contribution < 1.29 is 27.9 Å². The standard InChI is InChI=1S/C30H25F2N3O5/c1-17-7-10-23(36)30-12-11-22-24(28(38)33-14-19-8-9-20(31)13-21(19)32)26(37)27(40-15-18-5-3-2-4-6-18)25(35(22)30)29(39)34(17)16-30/h2-10,13,17H,11-12,14-16H2,1H3,(H,33,38)/t17-,30+/m0/s1. The third-order valence-electron chi connectivity index (χ3n) is 7.91. The number of carbonyl (C=O) groups excluding carboxylic acids is 3. The predicted molar refractivity (Wildman–Crippen MR) is 140 cm³/mol. The first-order valence-electron chi connectivity index (χ1n) is 13.0. The third-order valence-corrected chi connectivity index (χ3v) is 7.91. The number of halogens is 2. The zero-order chi connectivity index (χ0) is 28.2. The molecule has 0 aliphatic carbocycles. The smallest absolute Gasteiger partial charge is 0.275 e. The average Bonchev–Trinajstić information content (AvgIpc) is 3.27. The van der Waals surface area contributed by atoms with Crippen molar-refractivity contribution in [2.75, 3.05) is 6.54 Å². The minimum absolute atomic E-state index is 0.0325. The molecule has 6 rings (SSSR count). The second-order valence-electron chi connectivity index (χ2n) is 10.3. The van der Waals surface area contributed by atoms with Crippen molar-refractivity contribution in [3.05, 3.63) is 111 Å². The van der Waals surface area contributed by atoms with Gasteiger partial charge in [-0.25, -0.2) is 8.78 Å². The fraction of sp³-hybridized carbons (Fsp3) is 0.267. The van der Waals surface area contributed by atoms with E-state index in [1.54, 1.807) is 42.2 Å². The molecule has 3 aromatic rings. The van der Waals surface area contributed by atoms with Gasteiger partial charge < -0.3 is 19.5 Å². The van der Waals surface area contributed by atoms with Crippen molar-refractivity contribution in [3.63, 3.8) is 0 Å². The molecular formula is C30H25F2N3O5. The highest BCUT2D eigenvalue weighted by Crippen LogP contribution is 2.44. The normalized spacial score (nSPS) is 20.8. The van der Waals surface area contributed by atoms with Crippen LogP contribution in [0, 0.1) is 11.6 Å². The van der Waals surface area contributed by atoms with Crippen LogP contribution in [-0.2, 0) is 29.9 Å². The van der Waals surface area contributed by atoms with Crippen molar-refractivity contribution >= 4 is 17.6 Å². The zero-order valence-corrected chi connectivity index (χ0v) is 21.6. The summed E-state index contributed by atoms with van der Waals surface area (Å²) in [5.74, 6) is -3.41. The Morgan fingerprint density at radius 3 is 2.65 bits per heavy atom. The number of carbonyl (C=O) groups is 3. The summed E-state index contributed by atoms with van der Waals surface area (Å²) in [6.07, 6.45) is 3.60. The van der Waals surface area contributed by atoms with Gasteiger partial charge in [-0.3, -0.25) is 19.2 Å². The Hall–Kier alpha value is -4.60. The van der Waals surface area contributed by atoms with E-state index in [-0.39, 0.29) is 72.6 Å². The Kier molecular flexibility index (Phi) is 6.13. The topological polar surface area (TPSA) is 97.7 Å². The largest absolute Gasteiger partial charge is 0.483 e. The molecular weight excluding hydrogens is 520 g/mol. The number of ketones is 1. The number of pyridine rings is 1. The molecule has 0 saturated heterocycles. The summed E-state index contributed by atoms with van der Waals surface area (Å²) < 4.78 is 35.1. The molecule has 0 fully saturated rings. The summed E-state index contributed by atoms with van der Waals surface area (Å²) in [4.78, 5) is 56.4. The number of allylic oxidation sites excluding steroid dienone is 1. The fourth-order valence-electron chi connectivity index (χ4n) is 5.83. The Balaban J connectivity index is 1.49. The van der Waals surface area contributed by atoms with Crippen LogP contribution >= 0.6 is 0 Å². The Morgan fingerprint density at radius 1 is 1.12 bits per heavy atom. The van der Waals surface area contributed by atoms with E-state index in [1.165, 1.54) is 16.7 Å². The molecule has 1 N–H and O–H groups in total. The molecule has 0 radical (unpaired) electrons. The lowest BCUT2D eigenvalue weighted by Crippen LogP contribution is -2.57. The molecule has 40 heavy (non-hydrogen) atoms. The molecule has 4 heterocycles. The maximum absolute atomic E-state index is 14.2. The van der Waals surface area contributed by atoms with Crippen LogP contribution in [0.1, 0.15) is 51.0 Å². The maximum Gasteiger partial charge on any atom is 0.275 e. The van der Waals surface area contributed by atoms with E-state index in [9.17, 15) is 28.0 Å². The summed E-state index contributed by atoms with van der Waals surface area (Å²) in [7, 11) is 0. The number of nitrogens with one attached hydrogen (secondary N) is 1. The number of hydrogen-bond donors (Lipinski definition) is 1. The Bertz CT molecular complexity index is 1670. The minimum Gasteiger partial charge on any atom is -0.483 e. The number of amides is 2. The predicted octanol–water partition coefficient (Wildman–Crippen LogP) is 3.26. The van der Waals surface area contributed by atoms with Crippen LogP contribution in [0.5, 0.6) is 5.75 Å². The highest BCUT2D eigenvalue weighted by molar-refractivity contribution is 6.06. The molecule has 2 aromatic carbocycles. The summed E-state index contributed by atoms with van der Waals surface area (Å²) >= 11 is 0. The summed E-state index contributed by atoms with van der Waals surface area (Å²) in [6.45, 7) is 1.54. The van der Waals surface area contributed by atoms with E-state index in [4.69, 9.17) is 4.74 Å². The Labute approximate surface area is 227 Å². The van der Waals surface area contributed by atoms with E-state index in [0.717, 1.165) is 11.6 Å². The quantitative estimate of drug-likeness (QED) is 0.513. The van der Waals surface area contributed by atoms with Gasteiger partial charge in [-0.1, -0.05) is 42.5 Å². The zero-order valence-electron chi connectivity index (χ0n) is 21.6. The molecule has 0 unspecified atom stereocenters. The molecule has 10 heteroatoms. The highest BCUT2D eigenvalue weighted by Gasteiger charge is 2.55. The van der Waals surface area contributed by atoms with E-state index in [2.05, 4.69) is 5.32 Å². The summed E-state index contributed by atoms with van der Waals surface area (Å²) in [5.41, 5.74) is -1.26. The number of benzene rings is 2. The number of hydrogen-bond acceptors (Lipinski definition) is 5. The Morgan fingerprint density at radius 2 is 1.90 bits per heavy atom. The van der Waals surface area contributed by atoms with Crippen LogP contribution in [0.4, 0.5) is 8.78 Å². The SMILES string of the molecule is C[C@H]1C=CC(=O)[C@]23CCc4c(C(=O)NCc5ccc(F)cc5F)c(=O)c(OCc5ccccc5)c(n42)C(=O)N1C3. The van der Waals surface area contributed by atoms with Gasteiger partial charge in [0.25, 0.3) is 11.8 Å². The van der Waals surface area contributed by atoms with Crippen molar-refractivity contribution in [1.29, 1.82) is 0 Å². The second kappa shape index (κ2) is 9.55. The molecule has 3 aliphatic heterocycles. The van der Waals surface area contributed by atoms with E-state index in [1.807, 2.05) is 6.07 Å². The van der Waals surface area contributed by atoms with Gasteiger partial charge in [0.15, 0.2) is 17.2 Å². The van der Waals surface area contributed by atoms with Gasteiger partial charge in [0.1, 0.15) is 29.3 Å². The van der Waals surface area contributed by atoms with Crippen molar-refractivity contribution in [1.82, 2.24) is 14.8 Å². The van der Waals surface area contributed by atoms with E-state index >= 15 is 0 Å². The number of nitrogens with zero attached hydrogens (tertiary/aromatic N) is 2. The van der Waals surface area contributed by atoms with Gasteiger partial charge in [-0.2, -0.15) is 0 Å². The van der Waals surface area contributed by atoms with Crippen molar-refractivity contribution in [2.24, 2.45) is 0 Å². The van der Waals surface area contributed by atoms with Crippen LogP contribution in [0.15, 0.2) is 65.5 Å². The first-order valence-corrected chi connectivity index (χ1v) is 13.0.